The zero-order valence-electron chi connectivity index (χ0n) is 14.0. The molecule has 25 heavy (non-hydrogen) atoms. The smallest absolute Gasteiger partial charge is 0.324 e. The lowest BCUT2D eigenvalue weighted by atomic mass is 10.1. The normalized spacial score (nSPS) is 11.2. The average molecular weight is 384 g/mol. The first-order valence-electron chi connectivity index (χ1n) is 7.32. The van der Waals surface area contributed by atoms with Crippen LogP contribution in [0.4, 0.5) is 5.69 Å². The second-order valence-corrected chi connectivity index (χ2v) is 7.76. The van der Waals surface area contributed by atoms with Gasteiger partial charge in [-0.25, -0.2) is 8.42 Å². The summed E-state index contributed by atoms with van der Waals surface area (Å²) in [5.41, 5.74) is 1.78. The Bertz CT molecular complexity index is 911. The van der Waals surface area contributed by atoms with Crippen molar-refractivity contribution in [2.45, 2.75) is 18.7 Å². The lowest BCUT2D eigenvalue weighted by molar-refractivity contribution is -0.135. The fourth-order valence-corrected chi connectivity index (χ4v) is 4.17. The lowest BCUT2D eigenvalue weighted by Crippen LogP contribution is -2.36. The van der Waals surface area contributed by atoms with Crippen LogP contribution in [0.5, 0.6) is 5.75 Å². The number of hydrogen-bond acceptors (Lipinski definition) is 4. The molecule has 0 aliphatic heterocycles. The van der Waals surface area contributed by atoms with Crippen LogP contribution in [-0.4, -0.2) is 33.1 Å². The molecular formula is C17H18ClNO5S. The number of rotatable bonds is 6. The van der Waals surface area contributed by atoms with Crippen LogP contribution < -0.4 is 9.04 Å². The molecule has 0 unspecified atom stereocenters. The van der Waals surface area contributed by atoms with Gasteiger partial charge in [-0.05, 0) is 49.2 Å². The largest absolute Gasteiger partial charge is 0.495 e. The van der Waals surface area contributed by atoms with Crippen LogP contribution in [-0.2, 0) is 14.8 Å². The Balaban J connectivity index is 2.62. The number of ether oxygens (including phenoxy) is 1. The minimum absolute atomic E-state index is 0.111. The number of halogens is 1. The van der Waals surface area contributed by atoms with Crippen molar-refractivity contribution in [2.24, 2.45) is 0 Å². The van der Waals surface area contributed by atoms with Crippen molar-refractivity contribution in [3.8, 4) is 5.75 Å². The number of benzene rings is 2. The molecule has 8 heteroatoms. The molecule has 2 aromatic rings. The molecule has 0 saturated carbocycles. The monoisotopic (exact) mass is 383 g/mol. The quantitative estimate of drug-likeness (QED) is 0.827. The predicted molar refractivity (Wildman–Crippen MR) is 96.1 cm³/mol. The maximum absolute atomic E-state index is 13.0. The van der Waals surface area contributed by atoms with Gasteiger partial charge in [-0.3, -0.25) is 9.10 Å². The molecule has 0 aliphatic carbocycles. The van der Waals surface area contributed by atoms with Gasteiger partial charge in [0.1, 0.15) is 12.3 Å². The first-order valence-corrected chi connectivity index (χ1v) is 9.14. The Labute approximate surface area is 151 Å². The van der Waals surface area contributed by atoms with Crippen molar-refractivity contribution in [3.63, 3.8) is 0 Å². The molecule has 0 radical (unpaired) electrons. The van der Waals surface area contributed by atoms with Gasteiger partial charge >= 0.3 is 5.97 Å². The fourth-order valence-electron chi connectivity index (χ4n) is 2.35. The summed E-state index contributed by atoms with van der Waals surface area (Å²) < 4.78 is 32.0. The number of nitrogens with zero attached hydrogens (tertiary/aromatic N) is 1. The van der Waals surface area contributed by atoms with Crippen LogP contribution in [0.1, 0.15) is 11.1 Å². The number of anilines is 1. The van der Waals surface area contributed by atoms with Gasteiger partial charge in [0.2, 0.25) is 0 Å². The fraction of sp³-hybridized carbons (Fsp3) is 0.235. The van der Waals surface area contributed by atoms with Gasteiger partial charge in [0.05, 0.1) is 22.7 Å². The Morgan fingerprint density at radius 2 is 1.88 bits per heavy atom. The van der Waals surface area contributed by atoms with E-state index in [1.165, 1.54) is 25.3 Å². The molecule has 2 rings (SSSR count). The minimum Gasteiger partial charge on any atom is -0.495 e. The highest BCUT2D eigenvalue weighted by Gasteiger charge is 2.29. The van der Waals surface area contributed by atoms with E-state index in [1.807, 2.05) is 6.07 Å². The Kier molecular flexibility index (Phi) is 5.59. The second-order valence-electron chi connectivity index (χ2n) is 5.49. The number of sulfonamides is 1. The van der Waals surface area contributed by atoms with Gasteiger partial charge in [0, 0.05) is 0 Å². The molecule has 0 fully saturated rings. The maximum atomic E-state index is 13.0. The Hall–Kier alpha value is -2.25. The standard InChI is InChI=1S/C17H18ClNO5S/c1-11-4-5-12(2)15(8-11)19(10-17(20)21)25(22,23)13-6-7-16(24-3)14(18)9-13/h4-9H,10H2,1-3H3,(H,20,21). The van der Waals surface area contributed by atoms with Crippen LogP contribution in [0.3, 0.4) is 0 Å². The van der Waals surface area contributed by atoms with Crippen molar-refractivity contribution in [2.75, 3.05) is 18.0 Å². The average Bonchev–Trinajstić information content (AvgIpc) is 2.54. The third-order valence-corrected chi connectivity index (χ3v) is 5.67. The molecule has 0 heterocycles. The molecule has 0 atom stereocenters. The van der Waals surface area contributed by atoms with Crippen LogP contribution in [0.15, 0.2) is 41.3 Å². The third kappa shape index (κ3) is 4.05. The van der Waals surface area contributed by atoms with Crippen molar-refractivity contribution in [1.82, 2.24) is 0 Å². The van der Waals surface area contributed by atoms with Crippen molar-refractivity contribution >= 4 is 33.3 Å². The van der Waals surface area contributed by atoms with Gasteiger partial charge in [-0.15, -0.1) is 0 Å². The number of carbonyl (C=O) groups is 1. The van der Waals surface area contributed by atoms with E-state index in [0.29, 0.717) is 17.0 Å². The van der Waals surface area contributed by atoms with E-state index in [2.05, 4.69) is 0 Å². The second kappa shape index (κ2) is 7.33. The number of carboxylic acids is 1. The highest BCUT2D eigenvalue weighted by molar-refractivity contribution is 7.92. The number of aryl methyl sites for hydroxylation is 2. The van der Waals surface area contributed by atoms with Crippen LogP contribution >= 0.6 is 11.6 Å². The van der Waals surface area contributed by atoms with E-state index in [1.54, 1.807) is 26.0 Å². The van der Waals surface area contributed by atoms with E-state index in [9.17, 15) is 18.3 Å². The van der Waals surface area contributed by atoms with E-state index in [0.717, 1.165) is 9.87 Å². The molecule has 0 spiro atoms. The van der Waals surface area contributed by atoms with Gasteiger partial charge < -0.3 is 9.84 Å². The van der Waals surface area contributed by atoms with Gasteiger partial charge in [-0.1, -0.05) is 23.7 Å². The molecule has 134 valence electrons. The first kappa shape index (κ1) is 19.1. The Morgan fingerprint density at radius 1 is 1.20 bits per heavy atom. The molecule has 2 aromatic carbocycles. The summed E-state index contributed by atoms with van der Waals surface area (Å²) in [7, 11) is -2.70. The molecule has 0 amide bonds. The number of methoxy groups -OCH3 is 1. The first-order chi connectivity index (χ1) is 11.7. The summed E-state index contributed by atoms with van der Waals surface area (Å²) in [6, 6.07) is 9.22. The lowest BCUT2D eigenvalue weighted by Gasteiger charge is -2.25. The van der Waals surface area contributed by atoms with E-state index in [4.69, 9.17) is 16.3 Å². The van der Waals surface area contributed by atoms with E-state index < -0.39 is 22.5 Å². The van der Waals surface area contributed by atoms with Gasteiger partial charge in [0.25, 0.3) is 10.0 Å². The summed E-state index contributed by atoms with van der Waals surface area (Å²) in [6.07, 6.45) is 0. The minimum atomic E-state index is -4.12. The van der Waals surface area contributed by atoms with Gasteiger partial charge in [-0.2, -0.15) is 0 Å². The molecule has 6 nitrogen and oxygen atoms in total. The van der Waals surface area contributed by atoms with Crippen molar-refractivity contribution in [3.05, 3.63) is 52.5 Å². The summed E-state index contributed by atoms with van der Waals surface area (Å²) in [4.78, 5) is 11.2. The summed E-state index contributed by atoms with van der Waals surface area (Å²) >= 11 is 6.02. The van der Waals surface area contributed by atoms with Crippen molar-refractivity contribution < 1.29 is 23.1 Å². The summed E-state index contributed by atoms with van der Waals surface area (Å²) in [5.74, 6) is -0.929. The van der Waals surface area contributed by atoms with Crippen LogP contribution in [0.25, 0.3) is 0 Å². The SMILES string of the molecule is COc1ccc(S(=O)(=O)N(CC(=O)O)c2cc(C)ccc2C)cc1Cl. The molecular weight excluding hydrogens is 366 g/mol. The number of aliphatic carboxylic acids is 1. The molecule has 1 N–H and O–H groups in total. The van der Waals surface area contributed by atoms with E-state index in [-0.39, 0.29) is 9.92 Å². The Morgan fingerprint density at radius 3 is 2.44 bits per heavy atom. The molecule has 0 saturated heterocycles. The van der Waals surface area contributed by atoms with Crippen LogP contribution in [0, 0.1) is 13.8 Å². The zero-order chi connectivity index (χ0) is 18.8. The maximum Gasteiger partial charge on any atom is 0.324 e. The summed E-state index contributed by atoms with van der Waals surface area (Å²) in [6.45, 7) is 2.83. The third-order valence-electron chi connectivity index (χ3n) is 3.62. The summed E-state index contributed by atoms with van der Waals surface area (Å²) in [5, 5.41) is 9.33. The number of hydrogen-bond donors (Lipinski definition) is 1. The molecule has 0 aromatic heterocycles. The number of carboxylic acid groups (broad SMARTS) is 1. The van der Waals surface area contributed by atoms with E-state index >= 15 is 0 Å². The van der Waals surface area contributed by atoms with Gasteiger partial charge in [0.15, 0.2) is 0 Å². The highest BCUT2D eigenvalue weighted by atomic mass is 35.5. The molecule has 0 bridgehead atoms. The highest BCUT2D eigenvalue weighted by Crippen LogP contribution is 2.31. The zero-order valence-corrected chi connectivity index (χ0v) is 15.6. The molecule has 0 aliphatic rings. The van der Waals surface area contributed by atoms with Crippen molar-refractivity contribution in [1.29, 1.82) is 0 Å². The predicted octanol–water partition coefficient (Wildman–Crippen LogP) is 3.25. The topological polar surface area (TPSA) is 83.9 Å². The van der Waals surface area contributed by atoms with Crippen LogP contribution in [0.2, 0.25) is 5.02 Å².